The first-order valence-electron chi connectivity index (χ1n) is 33.8. The Morgan fingerprint density at radius 3 is 0.905 bits per heavy atom. The standard InChI is InChI=1S/C76H96N2O4S2/c1-5-9-13-17-21-23-27-31-39-53(37-29-25-19-15-11-7-3)51-77-69(65-49-63-71(79)59-45-55-41-33-35-43-57(55)47-61(59)73(63)83-65)67-68(75(77)81)70(66-50-64-72(80)60-46-56-42-34-36-44-58(56)48-62(60)74(64)84-66)78(76(67)82)52-54(38-30-26-20-16-12-8-4)40-32-28-24-22-18-14-10-6-2/h33-36,41-50,53-54H,5-32,37-40,51-52H2,1-4H3. The quantitative estimate of drug-likeness (QED) is 0.0362. The summed E-state index contributed by atoms with van der Waals surface area (Å²) in [6.07, 6.45) is 38.7. The Bertz CT molecular complexity index is 3110. The first-order valence-corrected chi connectivity index (χ1v) is 35.4. The molecule has 2 unspecified atom stereocenters. The second kappa shape index (κ2) is 30.3. The summed E-state index contributed by atoms with van der Waals surface area (Å²) in [5.41, 5.74) is 6.97. The summed E-state index contributed by atoms with van der Waals surface area (Å²) in [6.45, 7) is 10.2. The van der Waals surface area contributed by atoms with Gasteiger partial charge in [0.1, 0.15) is 0 Å². The number of carbonyl (C=O) groups excluding carboxylic acids is 4. The van der Waals surface area contributed by atoms with Crippen molar-refractivity contribution in [3.8, 4) is 20.9 Å². The topological polar surface area (TPSA) is 74.8 Å². The maximum absolute atomic E-state index is 16.3. The molecule has 84 heavy (non-hydrogen) atoms. The van der Waals surface area contributed by atoms with Crippen molar-refractivity contribution in [2.75, 3.05) is 13.1 Å². The normalized spacial score (nSPS) is 15.2. The van der Waals surface area contributed by atoms with Gasteiger partial charge in [0.15, 0.2) is 11.6 Å². The molecule has 0 N–H and O–H groups in total. The minimum absolute atomic E-state index is 0.00511. The largest absolute Gasteiger partial charge is 0.306 e. The van der Waals surface area contributed by atoms with Gasteiger partial charge >= 0.3 is 0 Å². The van der Waals surface area contributed by atoms with Crippen LogP contribution < -0.4 is 0 Å². The van der Waals surface area contributed by atoms with Gasteiger partial charge in [0.25, 0.3) is 11.8 Å². The smallest absolute Gasteiger partial charge is 0.261 e. The van der Waals surface area contributed by atoms with Gasteiger partial charge in [0, 0.05) is 56.2 Å². The van der Waals surface area contributed by atoms with Crippen LogP contribution in [-0.4, -0.2) is 46.3 Å². The molecule has 0 radical (unpaired) electrons. The van der Waals surface area contributed by atoms with Crippen LogP contribution in [0.3, 0.4) is 0 Å². The Morgan fingerprint density at radius 1 is 0.333 bits per heavy atom. The highest BCUT2D eigenvalue weighted by Gasteiger charge is 2.51. The average Bonchev–Trinajstić information content (AvgIpc) is 2.96. The molecular weight excluding hydrogens is 1070 g/mol. The lowest BCUT2D eigenvalue weighted by molar-refractivity contribution is -0.124. The fourth-order valence-electron chi connectivity index (χ4n) is 14.3. The van der Waals surface area contributed by atoms with E-state index in [1.165, 1.54) is 154 Å². The van der Waals surface area contributed by atoms with Gasteiger partial charge in [-0.05, 0) is 95.5 Å². The number of fused-ring (bicyclic) bond motifs is 9. The van der Waals surface area contributed by atoms with Crippen LogP contribution in [0.25, 0.3) is 53.8 Å². The van der Waals surface area contributed by atoms with Crippen molar-refractivity contribution in [1.29, 1.82) is 0 Å². The highest BCUT2D eigenvalue weighted by atomic mass is 32.1. The molecule has 0 saturated carbocycles. The van der Waals surface area contributed by atoms with Crippen molar-refractivity contribution in [3.63, 3.8) is 0 Å². The number of amides is 2. The van der Waals surface area contributed by atoms with E-state index in [0.29, 0.717) is 46.8 Å². The number of carbonyl (C=O) groups is 4. The van der Waals surface area contributed by atoms with E-state index in [1.54, 1.807) is 22.7 Å². The number of unbranched alkanes of at least 4 members (excludes halogenated alkanes) is 24. The van der Waals surface area contributed by atoms with Crippen LogP contribution in [0.4, 0.5) is 0 Å². The number of rotatable bonds is 38. The zero-order chi connectivity index (χ0) is 58.4. The SMILES string of the molecule is CCCCCCCCCCC(CCCCCCCC)CN1C(=O)C2=C(c3cc4c(s3)-c3cc5ccccc5cc3C4=O)N(CC(CCCCCCCC)CCCCCCCCCC)C(=O)C2=C1c1cc2c(s1)-c1cc3ccccc3cc1C2=O. The molecule has 446 valence electrons. The van der Waals surface area contributed by atoms with Crippen LogP contribution in [-0.2, 0) is 9.59 Å². The molecule has 0 fully saturated rings. The summed E-state index contributed by atoms with van der Waals surface area (Å²) in [7, 11) is 0. The number of ketones is 2. The molecule has 10 rings (SSSR count). The number of thiophene rings is 2. The highest BCUT2D eigenvalue weighted by Crippen LogP contribution is 2.55. The highest BCUT2D eigenvalue weighted by molar-refractivity contribution is 7.18. The summed E-state index contributed by atoms with van der Waals surface area (Å²) >= 11 is 3.15. The average molecular weight is 1170 g/mol. The lowest BCUT2D eigenvalue weighted by Gasteiger charge is -2.29. The van der Waals surface area contributed by atoms with E-state index in [0.717, 1.165) is 115 Å². The van der Waals surface area contributed by atoms with Gasteiger partial charge in [-0.3, -0.25) is 19.2 Å². The third-order valence-corrected chi connectivity index (χ3v) is 21.4. The third-order valence-electron chi connectivity index (χ3n) is 19.1. The van der Waals surface area contributed by atoms with Crippen LogP contribution in [0.1, 0.15) is 275 Å². The van der Waals surface area contributed by atoms with Gasteiger partial charge in [0.05, 0.1) is 32.3 Å². The molecular formula is C76H96N2O4S2. The van der Waals surface area contributed by atoms with Crippen LogP contribution >= 0.6 is 22.7 Å². The molecule has 4 heterocycles. The molecule has 6 nitrogen and oxygen atoms in total. The number of benzene rings is 4. The summed E-state index contributed by atoms with van der Waals surface area (Å²) in [5, 5.41) is 4.25. The van der Waals surface area contributed by atoms with Crippen molar-refractivity contribution >= 4 is 79.0 Å². The van der Waals surface area contributed by atoms with Gasteiger partial charge in [-0.15, -0.1) is 22.7 Å². The van der Waals surface area contributed by atoms with Crippen LogP contribution in [0.15, 0.2) is 96.1 Å². The van der Waals surface area contributed by atoms with Crippen molar-refractivity contribution in [2.45, 2.75) is 233 Å². The molecule has 2 aliphatic heterocycles. The predicted octanol–water partition coefficient (Wildman–Crippen LogP) is 22.1. The zero-order valence-corrected chi connectivity index (χ0v) is 53.3. The Kier molecular flexibility index (Phi) is 22.2. The fraction of sp³-hybridized carbons (Fsp3) is 0.526. The first-order chi connectivity index (χ1) is 41.2. The lowest BCUT2D eigenvalue weighted by Crippen LogP contribution is -2.34. The third kappa shape index (κ3) is 14.0. The van der Waals surface area contributed by atoms with Crippen molar-refractivity contribution in [3.05, 3.63) is 128 Å². The summed E-state index contributed by atoms with van der Waals surface area (Å²) < 4.78 is 0. The van der Waals surface area contributed by atoms with Gasteiger partial charge in [0.2, 0.25) is 0 Å². The van der Waals surface area contributed by atoms with Crippen LogP contribution in [0, 0.1) is 11.8 Å². The second-order valence-electron chi connectivity index (χ2n) is 25.5. The molecule has 6 aromatic rings. The van der Waals surface area contributed by atoms with Crippen molar-refractivity contribution < 1.29 is 19.2 Å². The summed E-state index contributed by atoms with van der Waals surface area (Å²) in [6, 6.07) is 28.9. The van der Waals surface area contributed by atoms with E-state index in [4.69, 9.17) is 0 Å². The summed E-state index contributed by atoms with van der Waals surface area (Å²) in [5.74, 6) is 0.309. The number of nitrogens with zero attached hydrogens (tertiary/aromatic N) is 2. The molecule has 4 aromatic carbocycles. The van der Waals surface area contributed by atoms with Crippen LogP contribution in [0.5, 0.6) is 0 Å². The summed E-state index contributed by atoms with van der Waals surface area (Å²) in [4.78, 5) is 69.5. The Morgan fingerprint density at radius 2 is 0.607 bits per heavy atom. The molecule has 0 spiro atoms. The zero-order valence-electron chi connectivity index (χ0n) is 51.6. The second-order valence-corrected chi connectivity index (χ2v) is 27.6. The number of hydrogen-bond donors (Lipinski definition) is 0. The monoisotopic (exact) mass is 1160 g/mol. The van der Waals surface area contributed by atoms with E-state index in [1.807, 2.05) is 58.3 Å². The first kappa shape index (κ1) is 61.6. The molecule has 2 atom stereocenters. The number of hydrogen-bond acceptors (Lipinski definition) is 6. The molecule has 2 amide bonds. The van der Waals surface area contributed by atoms with Crippen LogP contribution in [0.2, 0.25) is 0 Å². The van der Waals surface area contributed by atoms with E-state index in [2.05, 4.69) is 64.1 Å². The molecule has 4 aliphatic rings. The molecule has 2 aliphatic carbocycles. The van der Waals surface area contributed by atoms with Crippen molar-refractivity contribution in [1.82, 2.24) is 9.80 Å². The van der Waals surface area contributed by atoms with Crippen molar-refractivity contribution in [2.24, 2.45) is 11.8 Å². The van der Waals surface area contributed by atoms with E-state index < -0.39 is 0 Å². The Hall–Kier alpha value is -5.44. The molecule has 0 bridgehead atoms. The minimum Gasteiger partial charge on any atom is -0.306 e. The van der Waals surface area contributed by atoms with E-state index in [9.17, 15) is 9.59 Å². The molecule has 0 saturated heterocycles. The maximum Gasteiger partial charge on any atom is 0.261 e. The minimum atomic E-state index is -0.108. The van der Waals surface area contributed by atoms with Gasteiger partial charge in [-0.25, -0.2) is 0 Å². The fourth-order valence-corrected chi connectivity index (χ4v) is 16.8. The Labute approximate surface area is 512 Å². The van der Waals surface area contributed by atoms with Gasteiger partial charge < -0.3 is 9.80 Å². The van der Waals surface area contributed by atoms with Gasteiger partial charge in [-0.1, -0.05) is 256 Å². The predicted molar refractivity (Wildman–Crippen MR) is 356 cm³/mol. The molecule has 2 aromatic heterocycles. The van der Waals surface area contributed by atoms with E-state index in [-0.39, 0.29) is 35.2 Å². The van der Waals surface area contributed by atoms with E-state index >= 15 is 9.59 Å². The maximum atomic E-state index is 16.3. The Balaban J connectivity index is 1.06. The lowest BCUT2D eigenvalue weighted by atomic mass is 9.93. The van der Waals surface area contributed by atoms with Gasteiger partial charge in [-0.2, -0.15) is 0 Å². The molecule has 8 heteroatoms.